The molecule has 1 heterocycles. The number of ketones is 1. The first-order chi connectivity index (χ1) is 18.0. The fourth-order valence-electron chi connectivity index (χ4n) is 9.47. The zero-order chi connectivity index (χ0) is 27.5. The highest BCUT2D eigenvalue weighted by Crippen LogP contribution is 2.68. The third-order valence-electron chi connectivity index (χ3n) is 11.2. The Morgan fingerprint density at radius 3 is 2.61 bits per heavy atom. The number of hydrogen-bond donors (Lipinski definition) is 1. The number of nitrogens with zero attached hydrogens (tertiary/aromatic N) is 3. The second-order valence-corrected chi connectivity index (χ2v) is 13.2. The number of ether oxygens (including phenoxy) is 1. The van der Waals surface area contributed by atoms with E-state index in [0.29, 0.717) is 23.7 Å². The molecular formula is C30H43F2N3O3. The van der Waals surface area contributed by atoms with Gasteiger partial charge >= 0.3 is 0 Å². The van der Waals surface area contributed by atoms with E-state index in [-0.39, 0.29) is 40.5 Å². The largest absolute Gasteiger partial charge is 0.390 e. The van der Waals surface area contributed by atoms with Crippen LogP contribution >= 0.6 is 0 Å². The standard InChI is InChI=1S/C30H43F2N3O3/c1-6-24(31)26(32)27-18(2)33-35(34-27)16-25(36)23-10-9-21-20-8-7-19-15-28(3,37)13-14-30(19,17-38-5)22(20)11-12-29(21,23)4/h6,19-23,37H,1,7-17H2,2-5H3/b26-24-/t19-,20-,21-,22-,23+,28+,29-,30+/m0/s1. The van der Waals surface area contributed by atoms with Gasteiger partial charge in [0.25, 0.3) is 0 Å². The fraction of sp³-hybridized carbons (Fsp3) is 0.767. The van der Waals surface area contributed by atoms with E-state index in [1.54, 1.807) is 6.92 Å². The molecule has 6 nitrogen and oxygen atoms in total. The van der Waals surface area contributed by atoms with Crippen molar-refractivity contribution in [1.29, 1.82) is 0 Å². The Morgan fingerprint density at radius 2 is 1.89 bits per heavy atom. The van der Waals surface area contributed by atoms with E-state index in [4.69, 9.17) is 4.74 Å². The topological polar surface area (TPSA) is 77.2 Å². The van der Waals surface area contributed by atoms with Crippen molar-refractivity contribution in [2.24, 2.45) is 40.4 Å². The number of aliphatic hydroxyl groups is 1. The molecule has 0 unspecified atom stereocenters. The third-order valence-corrected chi connectivity index (χ3v) is 11.2. The Kier molecular flexibility index (Phi) is 7.21. The number of Topliss-reactive ketones (excluding diaryl/α,β-unsaturated/α-hetero) is 1. The molecule has 4 aliphatic carbocycles. The van der Waals surface area contributed by atoms with Crippen molar-refractivity contribution < 1.29 is 23.4 Å². The van der Waals surface area contributed by atoms with E-state index in [1.807, 2.05) is 14.0 Å². The van der Waals surface area contributed by atoms with E-state index < -0.39 is 17.3 Å². The Balaban J connectivity index is 1.34. The van der Waals surface area contributed by atoms with Crippen LogP contribution in [0.5, 0.6) is 0 Å². The summed E-state index contributed by atoms with van der Waals surface area (Å²) in [5.41, 5.74) is -0.482. The van der Waals surface area contributed by atoms with Gasteiger partial charge in [0, 0.05) is 13.0 Å². The Hall–Kier alpha value is -1.93. The second-order valence-electron chi connectivity index (χ2n) is 13.2. The van der Waals surface area contributed by atoms with Crippen LogP contribution in [-0.2, 0) is 16.1 Å². The number of fused-ring (bicyclic) bond motifs is 5. The number of allylic oxidation sites excluding steroid dienone is 2. The van der Waals surface area contributed by atoms with Crippen LogP contribution in [0.1, 0.15) is 83.0 Å². The number of aryl methyl sites for hydroxylation is 1. The molecule has 0 spiro atoms. The van der Waals surface area contributed by atoms with Crippen molar-refractivity contribution in [1.82, 2.24) is 15.0 Å². The van der Waals surface area contributed by atoms with Crippen molar-refractivity contribution in [3.63, 3.8) is 0 Å². The van der Waals surface area contributed by atoms with E-state index in [2.05, 4.69) is 23.7 Å². The van der Waals surface area contributed by atoms with Crippen LogP contribution in [0.2, 0.25) is 0 Å². The Labute approximate surface area is 224 Å². The van der Waals surface area contributed by atoms with Crippen molar-refractivity contribution >= 4 is 11.6 Å². The molecule has 210 valence electrons. The summed E-state index contributed by atoms with van der Waals surface area (Å²) in [7, 11) is 1.81. The highest BCUT2D eigenvalue weighted by molar-refractivity contribution is 5.82. The first kappa shape index (κ1) is 27.6. The summed E-state index contributed by atoms with van der Waals surface area (Å²) in [5.74, 6) is -0.0921. The molecule has 4 fully saturated rings. The molecule has 4 aliphatic rings. The first-order valence-electron chi connectivity index (χ1n) is 14.3. The molecule has 0 amide bonds. The molecule has 38 heavy (non-hydrogen) atoms. The molecule has 0 aromatic carbocycles. The van der Waals surface area contributed by atoms with Crippen LogP contribution in [-0.4, -0.2) is 45.2 Å². The van der Waals surface area contributed by atoms with Gasteiger partial charge in [-0.25, -0.2) is 8.78 Å². The number of halogens is 2. The number of hydrogen-bond acceptors (Lipinski definition) is 5. The van der Waals surface area contributed by atoms with Crippen molar-refractivity contribution in [3.8, 4) is 0 Å². The van der Waals surface area contributed by atoms with Gasteiger partial charge in [0.05, 0.1) is 17.9 Å². The van der Waals surface area contributed by atoms with Gasteiger partial charge in [-0.15, -0.1) is 0 Å². The lowest BCUT2D eigenvalue weighted by Gasteiger charge is -2.62. The van der Waals surface area contributed by atoms with Gasteiger partial charge in [-0.3, -0.25) is 4.79 Å². The van der Waals surface area contributed by atoms with Gasteiger partial charge in [-0.05, 0) is 112 Å². The van der Waals surface area contributed by atoms with Crippen molar-refractivity contribution in [2.75, 3.05) is 13.7 Å². The van der Waals surface area contributed by atoms with E-state index in [1.165, 1.54) is 4.80 Å². The van der Waals surface area contributed by atoms with Crippen molar-refractivity contribution in [3.05, 3.63) is 29.9 Å². The smallest absolute Gasteiger partial charge is 0.188 e. The second kappa shape index (κ2) is 9.92. The van der Waals surface area contributed by atoms with Crippen LogP contribution in [0, 0.1) is 47.3 Å². The summed E-state index contributed by atoms with van der Waals surface area (Å²) in [5, 5.41) is 19.2. The van der Waals surface area contributed by atoms with Gasteiger partial charge in [-0.2, -0.15) is 15.0 Å². The highest BCUT2D eigenvalue weighted by Gasteiger charge is 2.63. The minimum absolute atomic E-state index is 0.0321. The van der Waals surface area contributed by atoms with Crippen LogP contribution < -0.4 is 0 Å². The molecule has 5 rings (SSSR count). The highest BCUT2D eigenvalue weighted by atomic mass is 19.2. The average molecular weight is 532 g/mol. The minimum Gasteiger partial charge on any atom is -0.390 e. The third kappa shape index (κ3) is 4.40. The monoisotopic (exact) mass is 531 g/mol. The molecule has 0 radical (unpaired) electrons. The van der Waals surface area contributed by atoms with Crippen LogP contribution in [0.4, 0.5) is 8.78 Å². The lowest BCUT2D eigenvalue weighted by atomic mass is 9.43. The SMILES string of the molecule is C=C/C(F)=C(/F)c1nn(CC(=O)[C@H]2CC[C@H]3[C@@H]4CC[C@H]5C[C@](C)(O)CC[C@]5(COC)[C@H]4CC[C@]23C)nc1C. The molecule has 8 atom stereocenters. The number of methoxy groups -OCH3 is 1. The van der Waals surface area contributed by atoms with Gasteiger partial charge in [-0.1, -0.05) is 13.5 Å². The summed E-state index contributed by atoms with van der Waals surface area (Å²) in [6, 6.07) is 0. The molecule has 0 saturated heterocycles. The normalized spacial score (nSPS) is 41.1. The molecule has 1 aromatic rings. The molecular weight excluding hydrogens is 488 g/mol. The maximum absolute atomic E-state index is 14.3. The van der Waals surface area contributed by atoms with Crippen LogP contribution in [0.25, 0.3) is 5.83 Å². The molecule has 0 aliphatic heterocycles. The van der Waals surface area contributed by atoms with Crippen LogP contribution in [0.15, 0.2) is 18.5 Å². The molecule has 1 aromatic heterocycles. The maximum atomic E-state index is 14.3. The van der Waals surface area contributed by atoms with Gasteiger partial charge in [0.15, 0.2) is 17.4 Å². The predicted octanol–water partition coefficient (Wildman–Crippen LogP) is 5.99. The van der Waals surface area contributed by atoms with Crippen LogP contribution in [0.3, 0.4) is 0 Å². The quantitative estimate of drug-likeness (QED) is 0.438. The van der Waals surface area contributed by atoms with Gasteiger partial charge < -0.3 is 9.84 Å². The fourth-order valence-corrected chi connectivity index (χ4v) is 9.47. The minimum atomic E-state index is -1.10. The average Bonchev–Trinajstić information content (AvgIpc) is 3.42. The molecule has 1 N–H and O–H groups in total. The summed E-state index contributed by atoms with van der Waals surface area (Å²) in [6.07, 6.45) is 9.74. The molecule has 4 saturated carbocycles. The van der Waals surface area contributed by atoms with E-state index in [9.17, 15) is 18.7 Å². The first-order valence-corrected chi connectivity index (χ1v) is 14.3. The maximum Gasteiger partial charge on any atom is 0.188 e. The lowest BCUT2D eigenvalue weighted by molar-refractivity contribution is -0.175. The number of carbonyl (C=O) groups is 1. The summed E-state index contributed by atoms with van der Waals surface area (Å²) < 4.78 is 33.9. The Bertz CT molecular complexity index is 1130. The predicted molar refractivity (Wildman–Crippen MR) is 141 cm³/mol. The summed E-state index contributed by atoms with van der Waals surface area (Å²) in [6.45, 7) is 9.84. The number of rotatable bonds is 7. The van der Waals surface area contributed by atoms with E-state index in [0.717, 1.165) is 70.5 Å². The zero-order valence-corrected chi connectivity index (χ0v) is 23.3. The van der Waals surface area contributed by atoms with Crippen molar-refractivity contribution in [2.45, 2.75) is 90.7 Å². The van der Waals surface area contributed by atoms with Gasteiger partial charge in [0.1, 0.15) is 12.2 Å². The lowest BCUT2D eigenvalue weighted by Crippen LogP contribution is -2.58. The zero-order valence-electron chi connectivity index (χ0n) is 23.3. The summed E-state index contributed by atoms with van der Waals surface area (Å²) in [4.78, 5) is 14.9. The molecule has 0 bridgehead atoms. The number of aromatic nitrogens is 3. The van der Waals surface area contributed by atoms with Gasteiger partial charge in [0.2, 0.25) is 0 Å². The van der Waals surface area contributed by atoms with E-state index >= 15 is 0 Å². The molecule has 8 heteroatoms. The number of carbonyl (C=O) groups excluding carboxylic acids is 1. The summed E-state index contributed by atoms with van der Waals surface area (Å²) >= 11 is 0. The Morgan fingerprint density at radius 1 is 1.13 bits per heavy atom.